The molecule has 1 aliphatic heterocycles. The summed E-state index contributed by atoms with van der Waals surface area (Å²) in [5, 5.41) is 3.54. The Labute approximate surface area is 82.1 Å². The molecule has 0 bridgehead atoms. The topological polar surface area (TPSA) is 59.2 Å². The second-order valence-corrected chi connectivity index (χ2v) is 3.47. The summed E-state index contributed by atoms with van der Waals surface area (Å²) >= 11 is 0. The van der Waals surface area contributed by atoms with Gasteiger partial charge in [-0.15, -0.1) is 0 Å². The van der Waals surface area contributed by atoms with Crippen molar-refractivity contribution in [2.24, 2.45) is 0 Å². The Morgan fingerprint density at radius 1 is 1.43 bits per heavy atom. The molecule has 0 saturated carbocycles. The maximum absolute atomic E-state index is 11.0. The highest BCUT2D eigenvalue weighted by Gasteiger charge is 2.16. The summed E-state index contributed by atoms with van der Waals surface area (Å²) < 4.78 is 4.89. The minimum absolute atomic E-state index is 0.374. The van der Waals surface area contributed by atoms with Gasteiger partial charge in [0.15, 0.2) is 6.33 Å². The second-order valence-electron chi connectivity index (χ2n) is 3.47. The first kappa shape index (κ1) is 9.33. The highest BCUT2D eigenvalue weighted by atomic mass is 16.5. The first-order valence-corrected chi connectivity index (χ1v) is 4.84. The molecule has 5 heteroatoms. The van der Waals surface area contributed by atoms with Crippen LogP contribution in [0.4, 0.5) is 0 Å². The molecule has 1 aromatic rings. The van der Waals surface area contributed by atoms with Crippen LogP contribution in [0, 0.1) is 0 Å². The Morgan fingerprint density at radius 2 is 2.21 bits per heavy atom. The summed E-state index contributed by atoms with van der Waals surface area (Å²) in [7, 11) is 0. The molecule has 0 N–H and O–H groups in total. The van der Waals surface area contributed by atoms with Crippen LogP contribution in [0.25, 0.3) is 0 Å². The number of likely N-dealkylation sites (tertiary alicyclic amines) is 1. The molecular weight excluding hydrogens is 182 g/mol. The van der Waals surface area contributed by atoms with E-state index in [1.165, 1.54) is 6.33 Å². The SMILES string of the molecule is O=C1CCN(CCc2ncno2)CC1. The van der Waals surface area contributed by atoms with Gasteiger partial charge in [-0.2, -0.15) is 4.98 Å². The molecule has 0 spiro atoms. The number of Topliss-reactive ketones (excluding diaryl/α,β-unsaturated/α-hetero) is 1. The molecule has 0 amide bonds. The van der Waals surface area contributed by atoms with Crippen LogP contribution in [0.5, 0.6) is 0 Å². The normalized spacial score (nSPS) is 18.7. The Kier molecular flexibility index (Phi) is 2.88. The Morgan fingerprint density at radius 3 is 2.86 bits per heavy atom. The predicted molar refractivity (Wildman–Crippen MR) is 48.7 cm³/mol. The number of nitrogens with zero attached hydrogens (tertiary/aromatic N) is 3. The van der Waals surface area contributed by atoms with Crippen LogP contribution in [0.2, 0.25) is 0 Å². The maximum atomic E-state index is 11.0. The van der Waals surface area contributed by atoms with Gasteiger partial charge in [0.25, 0.3) is 0 Å². The molecule has 76 valence electrons. The Balaban J connectivity index is 1.73. The smallest absolute Gasteiger partial charge is 0.227 e. The lowest BCUT2D eigenvalue weighted by Gasteiger charge is -2.24. The number of ketones is 1. The molecule has 0 radical (unpaired) electrons. The van der Waals surface area contributed by atoms with Crippen molar-refractivity contribution < 1.29 is 9.32 Å². The zero-order valence-electron chi connectivity index (χ0n) is 7.98. The van der Waals surface area contributed by atoms with Crippen LogP contribution >= 0.6 is 0 Å². The van der Waals surface area contributed by atoms with E-state index in [0.717, 1.165) is 26.1 Å². The molecule has 2 rings (SSSR count). The van der Waals surface area contributed by atoms with Crippen LogP contribution < -0.4 is 0 Å². The highest BCUT2D eigenvalue weighted by Crippen LogP contribution is 2.06. The molecule has 1 fully saturated rings. The summed E-state index contributed by atoms with van der Waals surface area (Å²) in [4.78, 5) is 17.2. The maximum Gasteiger partial charge on any atom is 0.227 e. The third-order valence-corrected chi connectivity index (χ3v) is 2.46. The number of carbonyl (C=O) groups excluding carboxylic acids is 1. The molecule has 0 unspecified atom stereocenters. The summed E-state index contributed by atoms with van der Waals surface area (Å²) in [6.45, 7) is 2.63. The van der Waals surface area contributed by atoms with Gasteiger partial charge >= 0.3 is 0 Å². The van der Waals surface area contributed by atoms with Gasteiger partial charge in [0, 0.05) is 38.9 Å². The van der Waals surface area contributed by atoms with E-state index in [2.05, 4.69) is 15.0 Å². The van der Waals surface area contributed by atoms with Crippen molar-refractivity contribution in [3.05, 3.63) is 12.2 Å². The molecule has 0 aliphatic carbocycles. The van der Waals surface area contributed by atoms with E-state index in [0.29, 0.717) is 24.5 Å². The second kappa shape index (κ2) is 4.32. The highest BCUT2D eigenvalue weighted by molar-refractivity contribution is 5.79. The van der Waals surface area contributed by atoms with Crippen molar-refractivity contribution in [2.75, 3.05) is 19.6 Å². The quantitative estimate of drug-likeness (QED) is 0.693. The molecule has 1 saturated heterocycles. The van der Waals surface area contributed by atoms with E-state index < -0.39 is 0 Å². The third kappa shape index (κ3) is 2.38. The van der Waals surface area contributed by atoms with Crippen LogP contribution in [0.15, 0.2) is 10.9 Å². The number of hydrogen-bond donors (Lipinski definition) is 0. The molecule has 0 aromatic carbocycles. The van der Waals surface area contributed by atoms with E-state index in [4.69, 9.17) is 4.52 Å². The minimum atomic E-state index is 0.374. The average Bonchev–Trinajstić information content (AvgIpc) is 2.70. The van der Waals surface area contributed by atoms with Crippen molar-refractivity contribution in [2.45, 2.75) is 19.3 Å². The van der Waals surface area contributed by atoms with Crippen molar-refractivity contribution in [1.82, 2.24) is 15.0 Å². The van der Waals surface area contributed by atoms with Crippen LogP contribution in [-0.4, -0.2) is 40.5 Å². The van der Waals surface area contributed by atoms with Crippen molar-refractivity contribution in [1.29, 1.82) is 0 Å². The first-order valence-electron chi connectivity index (χ1n) is 4.84. The van der Waals surface area contributed by atoms with Crippen LogP contribution in [0.3, 0.4) is 0 Å². The number of aromatic nitrogens is 2. The van der Waals surface area contributed by atoms with Crippen molar-refractivity contribution in [3.8, 4) is 0 Å². The number of piperidine rings is 1. The van der Waals surface area contributed by atoms with Gasteiger partial charge < -0.3 is 9.42 Å². The monoisotopic (exact) mass is 195 g/mol. The standard InChI is InChI=1S/C9H13N3O2/c13-8-1-4-12(5-2-8)6-3-9-10-7-11-14-9/h7H,1-6H2. The summed E-state index contributed by atoms with van der Waals surface area (Å²) in [5.74, 6) is 1.04. The van der Waals surface area contributed by atoms with Crippen molar-refractivity contribution >= 4 is 5.78 Å². The van der Waals surface area contributed by atoms with Gasteiger partial charge in [-0.1, -0.05) is 5.16 Å². The predicted octanol–water partition coefficient (Wildman–Crippen LogP) is 0.277. The van der Waals surface area contributed by atoms with Gasteiger partial charge in [0.05, 0.1) is 0 Å². The van der Waals surface area contributed by atoms with Gasteiger partial charge in [-0.25, -0.2) is 0 Å². The molecule has 1 aliphatic rings. The van der Waals surface area contributed by atoms with E-state index in [1.54, 1.807) is 0 Å². The van der Waals surface area contributed by atoms with E-state index >= 15 is 0 Å². The van der Waals surface area contributed by atoms with Gasteiger partial charge in [0.1, 0.15) is 5.78 Å². The lowest BCUT2D eigenvalue weighted by atomic mass is 10.1. The fourth-order valence-corrected chi connectivity index (χ4v) is 1.59. The molecule has 2 heterocycles. The zero-order valence-corrected chi connectivity index (χ0v) is 7.98. The third-order valence-electron chi connectivity index (χ3n) is 2.46. The number of hydrogen-bond acceptors (Lipinski definition) is 5. The Bertz CT molecular complexity index is 287. The lowest BCUT2D eigenvalue weighted by molar-refractivity contribution is -0.121. The summed E-state index contributed by atoms with van der Waals surface area (Å²) in [5.41, 5.74) is 0. The number of carbonyl (C=O) groups is 1. The molecular formula is C9H13N3O2. The molecule has 14 heavy (non-hydrogen) atoms. The van der Waals surface area contributed by atoms with E-state index in [-0.39, 0.29) is 0 Å². The van der Waals surface area contributed by atoms with Gasteiger partial charge in [-0.05, 0) is 0 Å². The first-order chi connectivity index (χ1) is 6.84. The van der Waals surface area contributed by atoms with E-state index in [9.17, 15) is 4.79 Å². The fraction of sp³-hybridized carbons (Fsp3) is 0.667. The summed E-state index contributed by atoms with van der Waals surface area (Å²) in [6.07, 6.45) is 3.55. The lowest BCUT2D eigenvalue weighted by Crippen LogP contribution is -2.35. The van der Waals surface area contributed by atoms with Crippen LogP contribution in [-0.2, 0) is 11.2 Å². The molecule has 1 aromatic heterocycles. The van der Waals surface area contributed by atoms with Crippen LogP contribution in [0.1, 0.15) is 18.7 Å². The van der Waals surface area contributed by atoms with E-state index in [1.807, 2.05) is 0 Å². The van der Waals surface area contributed by atoms with Gasteiger partial charge in [-0.3, -0.25) is 4.79 Å². The fourth-order valence-electron chi connectivity index (χ4n) is 1.59. The largest absolute Gasteiger partial charge is 0.340 e. The van der Waals surface area contributed by atoms with Crippen molar-refractivity contribution in [3.63, 3.8) is 0 Å². The van der Waals surface area contributed by atoms with Gasteiger partial charge in [0.2, 0.25) is 5.89 Å². The average molecular weight is 195 g/mol. The summed E-state index contributed by atoms with van der Waals surface area (Å²) in [6, 6.07) is 0. The number of rotatable bonds is 3. The Hall–Kier alpha value is -1.23. The zero-order chi connectivity index (χ0) is 9.80. The minimum Gasteiger partial charge on any atom is -0.340 e. The molecule has 0 atom stereocenters. The molecule has 5 nitrogen and oxygen atoms in total.